The molecule has 0 spiro atoms. The van der Waals surface area contributed by atoms with E-state index in [2.05, 4.69) is 22.1 Å². The van der Waals surface area contributed by atoms with E-state index in [1.54, 1.807) is 0 Å². The molecule has 1 saturated heterocycles. The van der Waals surface area contributed by atoms with Gasteiger partial charge in [-0.05, 0) is 44.7 Å². The lowest BCUT2D eigenvalue weighted by molar-refractivity contribution is 0.126. The van der Waals surface area contributed by atoms with Crippen LogP contribution in [0.1, 0.15) is 39.0 Å². The molecule has 2 fully saturated rings. The number of rotatable bonds is 5. The van der Waals surface area contributed by atoms with Crippen LogP contribution in [0.2, 0.25) is 0 Å². The van der Waals surface area contributed by atoms with E-state index in [-0.39, 0.29) is 12.2 Å². The molecule has 0 bridgehead atoms. The smallest absolute Gasteiger partial charge is 0.223 e. The maximum Gasteiger partial charge on any atom is 0.223 e. The number of fused-ring (bicyclic) bond motifs is 1. The summed E-state index contributed by atoms with van der Waals surface area (Å²) in [7, 11) is 0. The first kappa shape index (κ1) is 17.5. The number of likely N-dealkylation sites (N-methyl/N-ethyl adjacent to an activating group) is 1. The maximum atomic E-state index is 9.66. The van der Waals surface area contributed by atoms with Crippen LogP contribution >= 0.6 is 0 Å². The molecule has 1 unspecified atom stereocenters. The van der Waals surface area contributed by atoms with E-state index in [1.807, 2.05) is 24.4 Å². The van der Waals surface area contributed by atoms with Gasteiger partial charge in [-0.1, -0.05) is 19.1 Å². The van der Waals surface area contributed by atoms with Crippen molar-refractivity contribution in [3.8, 4) is 5.75 Å². The van der Waals surface area contributed by atoms with Crippen molar-refractivity contribution in [2.75, 3.05) is 25.0 Å². The number of hydrogen-bond donors (Lipinski definition) is 2. The lowest BCUT2D eigenvalue weighted by Crippen LogP contribution is -2.28. The Hall–Kier alpha value is -1.92. The first-order valence-electron chi connectivity index (χ1n) is 9.80. The summed E-state index contributed by atoms with van der Waals surface area (Å²) in [6.07, 6.45) is 6.59. The van der Waals surface area contributed by atoms with Crippen molar-refractivity contribution >= 4 is 16.9 Å². The summed E-state index contributed by atoms with van der Waals surface area (Å²) in [6.45, 7) is 5.34. The summed E-state index contributed by atoms with van der Waals surface area (Å²) in [6, 6.07) is 6.36. The van der Waals surface area contributed by atoms with Gasteiger partial charge in [0.15, 0.2) is 0 Å². The molecule has 140 valence electrons. The number of hydrogen-bond acceptors (Lipinski definition) is 6. The minimum atomic E-state index is -0.153. The van der Waals surface area contributed by atoms with Crippen LogP contribution in [-0.4, -0.2) is 57.9 Å². The van der Waals surface area contributed by atoms with Crippen molar-refractivity contribution in [3.63, 3.8) is 0 Å². The molecule has 1 saturated carbocycles. The third-order valence-electron chi connectivity index (χ3n) is 5.57. The van der Waals surface area contributed by atoms with Gasteiger partial charge in [-0.2, -0.15) is 0 Å². The molecule has 26 heavy (non-hydrogen) atoms. The standard InChI is InChI=1S/C20H28N4O2/c1-2-24-11-10-17(13-24)26-18-5-3-4-14-12-21-20(23-19(14)18)22-15-6-8-16(25)9-7-15/h3-5,12,15-17,25H,2,6-11,13H2,1H3,(H,21,22,23)/t15-,16-,17?. The number of nitrogens with zero attached hydrogens (tertiary/aromatic N) is 3. The zero-order valence-electron chi connectivity index (χ0n) is 15.4. The number of likely N-dealkylation sites (tertiary alicyclic amines) is 1. The Labute approximate surface area is 154 Å². The number of aliphatic hydroxyl groups is 1. The van der Waals surface area contributed by atoms with E-state index >= 15 is 0 Å². The fourth-order valence-electron chi connectivity index (χ4n) is 3.96. The largest absolute Gasteiger partial charge is 0.487 e. The van der Waals surface area contributed by atoms with Crippen molar-refractivity contribution in [3.05, 3.63) is 24.4 Å². The molecule has 2 N–H and O–H groups in total. The highest BCUT2D eigenvalue weighted by molar-refractivity contribution is 5.84. The van der Waals surface area contributed by atoms with Gasteiger partial charge in [0.05, 0.1) is 6.10 Å². The van der Waals surface area contributed by atoms with Crippen LogP contribution in [0.4, 0.5) is 5.95 Å². The molecule has 1 aliphatic heterocycles. The Morgan fingerprint density at radius 2 is 2.08 bits per heavy atom. The van der Waals surface area contributed by atoms with Crippen molar-refractivity contribution < 1.29 is 9.84 Å². The number of benzene rings is 1. The molecule has 0 amide bonds. The summed E-state index contributed by atoms with van der Waals surface area (Å²) in [5, 5.41) is 14.1. The summed E-state index contributed by atoms with van der Waals surface area (Å²) in [5.41, 5.74) is 0.871. The Balaban J connectivity index is 1.51. The van der Waals surface area contributed by atoms with E-state index in [0.717, 1.165) is 68.4 Å². The number of para-hydroxylation sites is 1. The third kappa shape index (κ3) is 3.91. The minimum Gasteiger partial charge on any atom is -0.487 e. The summed E-state index contributed by atoms with van der Waals surface area (Å²) in [5.74, 6) is 1.49. The molecule has 2 aromatic rings. The van der Waals surface area contributed by atoms with Crippen molar-refractivity contribution in [1.29, 1.82) is 0 Å². The van der Waals surface area contributed by atoms with E-state index in [9.17, 15) is 5.11 Å². The van der Waals surface area contributed by atoms with E-state index in [1.165, 1.54) is 0 Å². The van der Waals surface area contributed by atoms with Gasteiger partial charge in [0.25, 0.3) is 0 Å². The SMILES string of the molecule is CCN1CCC(Oc2cccc3cnc(N[C@H]4CC[C@H](O)CC4)nc23)C1. The van der Waals surface area contributed by atoms with Gasteiger partial charge in [0.1, 0.15) is 17.4 Å². The monoisotopic (exact) mass is 356 g/mol. The number of aliphatic hydroxyl groups excluding tert-OH is 1. The second-order valence-corrected chi connectivity index (χ2v) is 7.46. The topological polar surface area (TPSA) is 70.5 Å². The first-order chi connectivity index (χ1) is 12.7. The molecule has 6 heteroatoms. The molecular formula is C20H28N4O2. The molecule has 1 aromatic carbocycles. The molecule has 2 aliphatic rings. The highest BCUT2D eigenvalue weighted by Gasteiger charge is 2.24. The number of ether oxygens (including phenoxy) is 1. The van der Waals surface area contributed by atoms with E-state index in [4.69, 9.17) is 9.72 Å². The summed E-state index contributed by atoms with van der Waals surface area (Å²) >= 11 is 0. The zero-order valence-corrected chi connectivity index (χ0v) is 15.4. The van der Waals surface area contributed by atoms with Crippen molar-refractivity contribution in [2.24, 2.45) is 0 Å². The van der Waals surface area contributed by atoms with Crippen LogP contribution in [0.25, 0.3) is 10.9 Å². The van der Waals surface area contributed by atoms with Crippen LogP contribution in [0.3, 0.4) is 0 Å². The van der Waals surface area contributed by atoms with Crippen LogP contribution < -0.4 is 10.1 Å². The minimum absolute atomic E-state index is 0.153. The molecule has 0 radical (unpaired) electrons. The molecule has 1 aromatic heterocycles. The van der Waals surface area contributed by atoms with Crippen LogP contribution in [0.15, 0.2) is 24.4 Å². The number of anilines is 1. The van der Waals surface area contributed by atoms with Gasteiger partial charge in [0.2, 0.25) is 5.95 Å². The van der Waals surface area contributed by atoms with Gasteiger partial charge in [-0.25, -0.2) is 9.97 Å². The van der Waals surface area contributed by atoms with Crippen LogP contribution in [0.5, 0.6) is 5.75 Å². The van der Waals surface area contributed by atoms with E-state index < -0.39 is 0 Å². The molecule has 1 aliphatic carbocycles. The van der Waals surface area contributed by atoms with Crippen LogP contribution in [0, 0.1) is 0 Å². The first-order valence-corrected chi connectivity index (χ1v) is 9.80. The lowest BCUT2D eigenvalue weighted by Gasteiger charge is -2.26. The predicted octanol–water partition coefficient (Wildman–Crippen LogP) is 2.82. The highest BCUT2D eigenvalue weighted by Crippen LogP contribution is 2.28. The fraction of sp³-hybridized carbons (Fsp3) is 0.600. The Kier molecular flexibility index (Phi) is 5.22. The Bertz CT molecular complexity index is 746. The average Bonchev–Trinajstić information content (AvgIpc) is 3.12. The van der Waals surface area contributed by atoms with Gasteiger partial charge < -0.3 is 15.2 Å². The van der Waals surface area contributed by atoms with Crippen LogP contribution in [-0.2, 0) is 0 Å². The Morgan fingerprint density at radius 3 is 2.85 bits per heavy atom. The van der Waals surface area contributed by atoms with E-state index in [0.29, 0.717) is 12.0 Å². The molecule has 4 rings (SSSR count). The second-order valence-electron chi connectivity index (χ2n) is 7.46. The van der Waals surface area contributed by atoms with Gasteiger partial charge >= 0.3 is 0 Å². The summed E-state index contributed by atoms with van der Waals surface area (Å²) < 4.78 is 6.29. The number of aromatic nitrogens is 2. The van der Waals surface area contributed by atoms with Gasteiger partial charge in [-0.15, -0.1) is 0 Å². The van der Waals surface area contributed by atoms with Crippen molar-refractivity contribution in [2.45, 2.75) is 57.3 Å². The maximum absolute atomic E-state index is 9.66. The fourth-order valence-corrected chi connectivity index (χ4v) is 3.96. The average molecular weight is 356 g/mol. The normalized spacial score (nSPS) is 26.9. The van der Waals surface area contributed by atoms with Gasteiger partial charge in [0, 0.05) is 30.7 Å². The predicted molar refractivity (Wildman–Crippen MR) is 103 cm³/mol. The third-order valence-corrected chi connectivity index (χ3v) is 5.57. The summed E-state index contributed by atoms with van der Waals surface area (Å²) in [4.78, 5) is 11.6. The zero-order chi connectivity index (χ0) is 17.9. The Morgan fingerprint density at radius 1 is 1.23 bits per heavy atom. The lowest BCUT2D eigenvalue weighted by atomic mass is 9.93. The van der Waals surface area contributed by atoms with Gasteiger partial charge in [-0.3, -0.25) is 4.90 Å². The second kappa shape index (κ2) is 7.76. The molecule has 2 heterocycles. The molecule has 6 nitrogen and oxygen atoms in total. The molecular weight excluding hydrogens is 328 g/mol. The highest BCUT2D eigenvalue weighted by atomic mass is 16.5. The quantitative estimate of drug-likeness (QED) is 0.858. The number of nitrogens with one attached hydrogen (secondary N) is 1. The molecule has 1 atom stereocenters. The van der Waals surface area contributed by atoms with Crippen molar-refractivity contribution in [1.82, 2.24) is 14.9 Å².